The van der Waals surface area contributed by atoms with Gasteiger partial charge in [0.25, 0.3) is 0 Å². The van der Waals surface area contributed by atoms with Gasteiger partial charge in [-0.2, -0.15) is 4.98 Å². The predicted octanol–water partition coefficient (Wildman–Crippen LogP) is 4.05. The molecule has 0 unspecified atom stereocenters. The van der Waals surface area contributed by atoms with Gasteiger partial charge in [-0.15, -0.1) is 0 Å². The van der Waals surface area contributed by atoms with Crippen LogP contribution in [0.1, 0.15) is 25.0 Å². The number of pyridine rings is 1. The second kappa shape index (κ2) is 5.26. The van der Waals surface area contributed by atoms with Crippen molar-refractivity contribution >= 4 is 46.3 Å². The number of halogens is 1. The SMILES string of the molecule is Cc1cc2ccc(OC3CCC3)nc2n1SOI. The maximum atomic E-state index is 5.82. The molecule has 0 saturated heterocycles. The molecule has 0 spiro atoms. The van der Waals surface area contributed by atoms with Gasteiger partial charge in [-0.3, -0.25) is 0 Å². The van der Waals surface area contributed by atoms with Gasteiger partial charge in [0.05, 0.1) is 0 Å². The molecule has 2 heterocycles. The van der Waals surface area contributed by atoms with Gasteiger partial charge in [0.1, 0.15) is 41.3 Å². The Morgan fingerprint density at radius 3 is 2.94 bits per heavy atom. The molecule has 1 aliphatic rings. The highest BCUT2D eigenvalue weighted by Crippen LogP contribution is 2.29. The second-order valence-electron chi connectivity index (χ2n) is 4.45. The second-order valence-corrected chi connectivity index (χ2v) is 6.17. The van der Waals surface area contributed by atoms with Gasteiger partial charge in [0.15, 0.2) is 5.65 Å². The molecule has 0 atom stereocenters. The highest BCUT2D eigenvalue weighted by Gasteiger charge is 2.20. The minimum atomic E-state index is 0.355. The van der Waals surface area contributed by atoms with Gasteiger partial charge in [0, 0.05) is 17.1 Å². The first-order valence-corrected chi connectivity index (χ1v) is 7.47. The van der Waals surface area contributed by atoms with Crippen molar-refractivity contribution in [3.05, 3.63) is 23.9 Å². The summed E-state index contributed by atoms with van der Waals surface area (Å²) in [6, 6.07) is 6.09. The van der Waals surface area contributed by atoms with Gasteiger partial charge >= 0.3 is 0 Å². The molecule has 0 aliphatic heterocycles. The van der Waals surface area contributed by atoms with Gasteiger partial charge < -0.3 is 4.74 Å². The summed E-state index contributed by atoms with van der Waals surface area (Å²) in [5.41, 5.74) is 2.01. The van der Waals surface area contributed by atoms with E-state index < -0.39 is 0 Å². The summed E-state index contributed by atoms with van der Waals surface area (Å²) < 4.78 is 12.9. The van der Waals surface area contributed by atoms with Crippen LogP contribution in [0.4, 0.5) is 0 Å². The summed E-state index contributed by atoms with van der Waals surface area (Å²) >= 11 is 3.14. The molecule has 96 valence electrons. The first kappa shape index (κ1) is 12.6. The molecule has 1 fully saturated rings. The molecule has 0 aromatic carbocycles. The third-order valence-electron chi connectivity index (χ3n) is 3.20. The largest absolute Gasteiger partial charge is 0.474 e. The molecule has 1 saturated carbocycles. The van der Waals surface area contributed by atoms with E-state index in [2.05, 4.69) is 11.1 Å². The number of nitrogens with zero attached hydrogens (tertiary/aromatic N) is 2. The van der Waals surface area contributed by atoms with Crippen molar-refractivity contribution < 1.29 is 7.25 Å². The van der Waals surface area contributed by atoms with Crippen LogP contribution in [0.2, 0.25) is 0 Å². The highest BCUT2D eigenvalue weighted by atomic mass is 127. The molecule has 1 aliphatic carbocycles. The number of hydrogen-bond acceptors (Lipinski definition) is 4. The lowest BCUT2D eigenvalue weighted by Gasteiger charge is -2.25. The van der Waals surface area contributed by atoms with Crippen LogP contribution in [-0.4, -0.2) is 15.1 Å². The Labute approximate surface area is 124 Å². The van der Waals surface area contributed by atoms with Crippen LogP contribution in [-0.2, 0) is 2.51 Å². The molecule has 2 aromatic heterocycles. The molecule has 3 rings (SSSR count). The zero-order chi connectivity index (χ0) is 12.5. The fourth-order valence-corrected chi connectivity index (χ4v) is 2.94. The molecule has 2 aromatic rings. The fraction of sp³-hybridized carbons (Fsp3) is 0.417. The zero-order valence-electron chi connectivity index (χ0n) is 9.93. The molecule has 6 heteroatoms. The van der Waals surface area contributed by atoms with Crippen LogP contribution < -0.4 is 4.74 Å². The Bertz CT molecular complexity index is 568. The summed E-state index contributed by atoms with van der Waals surface area (Å²) in [4.78, 5) is 4.57. The van der Waals surface area contributed by atoms with E-state index in [-0.39, 0.29) is 0 Å². The zero-order valence-corrected chi connectivity index (χ0v) is 12.9. The van der Waals surface area contributed by atoms with Crippen LogP contribution >= 0.6 is 35.2 Å². The molecule has 0 amide bonds. The number of rotatable bonds is 4. The molecular weight excluding hydrogens is 363 g/mol. The lowest BCUT2D eigenvalue weighted by molar-refractivity contribution is 0.115. The smallest absolute Gasteiger partial charge is 0.215 e. The van der Waals surface area contributed by atoms with Crippen LogP contribution in [0.3, 0.4) is 0 Å². The molecular formula is C12H13IN2O2S. The number of hydrogen-bond donors (Lipinski definition) is 0. The maximum absolute atomic E-state index is 5.82. The average Bonchev–Trinajstić information content (AvgIpc) is 2.61. The number of aromatic nitrogens is 2. The Kier molecular flexibility index (Phi) is 3.67. The van der Waals surface area contributed by atoms with Crippen LogP contribution in [0.25, 0.3) is 11.0 Å². The van der Waals surface area contributed by atoms with E-state index in [9.17, 15) is 0 Å². The van der Waals surface area contributed by atoms with E-state index >= 15 is 0 Å². The summed E-state index contributed by atoms with van der Waals surface area (Å²) in [5.74, 6) is 0.709. The summed E-state index contributed by atoms with van der Waals surface area (Å²) in [6.07, 6.45) is 3.91. The third-order valence-corrected chi connectivity index (χ3v) is 4.35. The average molecular weight is 376 g/mol. The standard InChI is InChI=1S/C12H13IN2O2S/c1-8-7-9-5-6-11(16-10-3-2-4-10)14-12(9)15(8)18-17-13/h5-7,10H,2-4H2,1H3. The quantitative estimate of drug-likeness (QED) is 0.596. The minimum Gasteiger partial charge on any atom is -0.474 e. The first-order valence-electron chi connectivity index (χ1n) is 5.89. The van der Waals surface area contributed by atoms with Gasteiger partial charge in [-0.25, -0.2) is 6.48 Å². The summed E-state index contributed by atoms with van der Waals surface area (Å²) in [7, 11) is 0. The van der Waals surface area contributed by atoms with Gasteiger partial charge in [0.2, 0.25) is 5.88 Å². The summed E-state index contributed by atoms with van der Waals surface area (Å²) in [6.45, 7) is 2.04. The monoisotopic (exact) mass is 376 g/mol. The number of fused-ring (bicyclic) bond motifs is 1. The van der Waals surface area contributed by atoms with Crippen molar-refractivity contribution in [3.63, 3.8) is 0 Å². The van der Waals surface area contributed by atoms with Crippen LogP contribution in [0.5, 0.6) is 5.88 Å². The van der Waals surface area contributed by atoms with Crippen molar-refractivity contribution in [1.29, 1.82) is 0 Å². The normalized spacial score (nSPS) is 15.9. The van der Waals surface area contributed by atoms with Crippen LogP contribution in [0, 0.1) is 6.92 Å². The van der Waals surface area contributed by atoms with Gasteiger partial charge in [-0.05, 0) is 38.3 Å². The number of ether oxygens (including phenoxy) is 1. The van der Waals surface area contributed by atoms with Gasteiger partial charge in [-0.1, -0.05) is 0 Å². The fourth-order valence-electron chi connectivity index (χ4n) is 2.02. The third kappa shape index (κ3) is 2.33. The van der Waals surface area contributed by atoms with E-state index in [1.165, 1.54) is 18.6 Å². The Hall–Kier alpha value is -0.470. The molecule has 18 heavy (non-hydrogen) atoms. The number of aryl methyl sites for hydroxylation is 1. The molecule has 0 N–H and O–H groups in total. The lowest BCUT2D eigenvalue weighted by Crippen LogP contribution is -2.24. The molecule has 0 radical (unpaired) electrons. The van der Waals surface area contributed by atoms with E-state index in [1.807, 2.05) is 46.0 Å². The molecule has 4 nitrogen and oxygen atoms in total. The summed E-state index contributed by atoms with van der Waals surface area (Å²) in [5, 5.41) is 1.11. The Morgan fingerprint density at radius 1 is 1.44 bits per heavy atom. The highest BCUT2D eigenvalue weighted by molar-refractivity contribution is 14.1. The van der Waals surface area contributed by atoms with Crippen molar-refractivity contribution in [2.24, 2.45) is 0 Å². The first-order chi connectivity index (χ1) is 8.78. The van der Waals surface area contributed by atoms with Crippen molar-refractivity contribution in [3.8, 4) is 5.88 Å². The Morgan fingerprint density at radius 2 is 2.28 bits per heavy atom. The van der Waals surface area contributed by atoms with E-state index in [1.54, 1.807) is 0 Å². The maximum Gasteiger partial charge on any atom is 0.215 e. The van der Waals surface area contributed by atoms with Crippen LogP contribution in [0.15, 0.2) is 18.2 Å². The Balaban J connectivity index is 1.95. The van der Waals surface area contributed by atoms with E-state index in [0.29, 0.717) is 12.0 Å². The topological polar surface area (TPSA) is 36.3 Å². The van der Waals surface area contributed by atoms with Crippen molar-refractivity contribution in [2.75, 3.05) is 0 Å². The lowest BCUT2D eigenvalue weighted by atomic mass is 9.96. The van der Waals surface area contributed by atoms with E-state index in [4.69, 9.17) is 7.25 Å². The van der Waals surface area contributed by atoms with Crippen molar-refractivity contribution in [1.82, 2.24) is 8.96 Å². The molecule has 0 bridgehead atoms. The predicted molar refractivity (Wildman–Crippen MR) is 80.8 cm³/mol. The minimum absolute atomic E-state index is 0.355. The van der Waals surface area contributed by atoms with Crippen molar-refractivity contribution in [2.45, 2.75) is 32.3 Å². The van der Waals surface area contributed by atoms with E-state index in [0.717, 1.165) is 29.6 Å².